The van der Waals surface area contributed by atoms with E-state index in [1.807, 2.05) is 43.5 Å². The molecule has 0 aliphatic rings. The number of anilines is 1. The number of ether oxygens (including phenoxy) is 1. The Morgan fingerprint density at radius 3 is 2.94 bits per heavy atom. The molecule has 0 radical (unpaired) electrons. The van der Waals surface area contributed by atoms with Crippen molar-refractivity contribution in [1.82, 2.24) is 4.98 Å². The van der Waals surface area contributed by atoms with Crippen molar-refractivity contribution in [2.24, 2.45) is 0 Å². The van der Waals surface area contributed by atoms with Gasteiger partial charge >= 0.3 is 0 Å². The molecule has 1 aromatic carbocycles. The summed E-state index contributed by atoms with van der Waals surface area (Å²) in [4.78, 5) is 4.08. The largest absolute Gasteiger partial charge is 0.492 e. The van der Waals surface area contributed by atoms with Crippen LogP contribution in [0.25, 0.3) is 0 Å². The maximum atomic E-state index is 5.99. The van der Waals surface area contributed by atoms with Crippen molar-refractivity contribution in [3.8, 4) is 5.75 Å². The van der Waals surface area contributed by atoms with Gasteiger partial charge in [0.1, 0.15) is 5.75 Å². The molecule has 3 nitrogen and oxygen atoms in total. The van der Waals surface area contributed by atoms with Gasteiger partial charge in [-0.05, 0) is 36.8 Å². The van der Waals surface area contributed by atoms with E-state index in [-0.39, 0.29) is 0 Å². The second kappa shape index (κ2) is 6.26. The molecule has 0 saturated carbocycles. The Morgan fingerprint density at radius 2 is 2.22 bits per heavy atom. The number of rotatable bonds is 5. The van der Waals surface area contributed by atoms with Crippen molar-refractivity contribution >= 4 is 17.3 Å². The SMILES string of the molecule is CCOc1ccc(Cl)cc1NCc1cccnc1. The van der Waals surface area contributed by atoms with Crippen LogP contribution in [-0.2, 0) is 6.54 Å². The number of hydrogen-bond donors (Lipinski definition) is 1. The minimum Gasteiger partial charge on any atom is -0.492 e. The second-order valence-corrected chi connectivity index (χ2v) is 4.22. The van der Waals surface area contributed by atoms with Gasteiger partial charge in [0.2, 0.25) is 0 Å². The predicted molar refractivity (Wildman–Crippen MR) is 74.2 cm³/mol. The number of nitrogens with one attached hydrogen (secondary N) is 1. The van der Waals surface area contributed by atoms with Crippen LogP contribution in [0, 0.1) is 0 Å². The van der Waals surface area contributed by atoms with Crippen molar-refractivity contribution in [1.29, 1.82) is 0 Å². The molecule has 0 bridgehead atoms. The fraction of sp³-hybridized carbons (Fsp3) is 0.214. The lowest BCUT2D eigenvalue weighted by molar-refractivity contribution is 0.341. The third-order valence-corrected chi connectivity index (χ3v) is 2.68. The van der Waals surface area contributed by atoms with Crippen molar-refractivity contribution in [3.05, 3.63) is 53.3 Å². The van der Waals surface area contributed by atoms with Gasteiger partial charge in [-0.15, -0.1) is 0 Å². The summed E-state index contributed by atoms with van der Waals surface area (Å²) in [5, 5.41) is 3.99. The van der Waals surface area contributed by atoms with Crippen molar-refractivity contribution < 1.29 is 4.74 Å². The van der Waals surface area contributed by atoms with E-state index in [4.69, 9.17) is 16.3 Å². The monoisotopic (exact) mass is 262 g/mol. The summed E-state index contributed by atoms with van der Waals surface area (Å²) in [7, 11) is 0. The highest BCUT2D eigenvalue weighted by Crippen LogP contribution is 2.28. The highest BCUT2D eigenvalue weighted by Gasteiger charge is 2.04. The summed E-state index contributed by atoms with van der Waals surface area (Å²) in [6.07, 6.45) is 3.59. The van der Waals surface area contributed by atoms with Crippen LogP contribution >= 0.6 is 11.6 Å². The third kappa shape index (κ3) is 3.37. The zero-order valence-electron chi connectivity index (χ0n) is 10.2. The van der Waals surface area contributed by atoms with E-state index >= 15 is 0 Å². The minimum absolute atomic E-state index is 0.628. The lowest BCUT2D eigenvalue weighted by atomic mass is 10.2. The molecule has 0 atom stereocenters. The van der Waals surface area contributed by atoms with E-state index in [0.717, 1.165) is 17.0 Å². The maximum Gasteiger partial charge on any atom is 0.142 e. The molecule has 0 aliphatic heterocycles. The predicted octanol–water partition coefficient (Wildman–Crippen LogP) is 3.75. The van der Waals surface area contributed by atoms with Gasteiger partial charge < -0.3 is 10.1 Å². The zero-order valence-corrected chi connectivity index (χ0v) is 10.9. The summed E-state index contributed by atoms with van der Waals surface area (Å²) in [5.41, 5.74) is 2.01. The quantitative estimate of drug-likeness (QED) is 0.891. The first-order valence-corrected chi connectivity index (χ1v) is 6.22. The molecular formula is C14H15ClN2O. The Morgan fingerprint density at radius 1 is 1.33 bits per heavy atom. The molecule has 94 valence electrons. The first kappa shape index (κ1) is 12.7. The summed E-state index contributed by atoms with van der Waals surface area (Å²) >= 11 is 5.99. The van der Waals surface area contributed by atoms with Crippen molar-refractivity contribution in [3.63, 3.8) is 0 Å². The number of halogens is 1. The molecule has 1 N–H and O–H groups in total. The molecule has 0 saturated heterocycles. The van der Waals surface area contributed by atoms with Crippen LogP contribution in [0.3, 0.4) is 0 Å². The average Bonchev–Trinajstić information content (AvgIpc) is 2.40. The Hall–Kier alpha value is -1.74. The Kier molecular flexibility index (Phi) is 4.42. The number of hydrogen-bond acceptors (Lipinski definition) is 3. The molecule has 0 spiro atoms. The van der Waals surface area contributed by atoms with Crippen LogP contribution in [0.15, 0.2) is 42.7 Å². The van der Waals surface area contributed by atoms with Gasteiger partial charge in [0.15, 0.2) is 0 Å². The molecule has 0 amide bonds. The van der Waals surface area contributed by atoms with Crippen LogP contribution in [0.5, 0.6) is 5.75 Å². The standard InChI is InChI=1S/C14H15ClN2O/c1-2-18-14-6-5-12(15)8-13(14)17-10-11-4-3-7-16-9-11/h3-9,17H,2,10H2,1H3. The molecular weight excluding hydrogens is 248 g/mol. The van der Waals surface area contributed by atoms with Gasteiger partial charge in [0.05, 0.1) is 12.3 Å². The van der Waals surface area contributed by atoms with E-state index in [0.29, 0.717) is 18.2 Å². The van der Waals surface area contributed by atoms with E-state index in [2.05, 4.69) is 10.3 Å². The highest BCUT2D eigenvalue weighted by molar-refractivity contribution is 6.30. The van der Waals surface area contributed by atoms with Gasteiger partial charge in [-0.2, -0.15) is 0 Å². The first-order valence-electron chi connectivity index (χ1n) is 5.84. The van der Waals surface area contributed by atoms with Crippen molar-refractivity contribution in [2.45, 2.75) is 13.5 Å². The molecule has 2 aromatic rings. The Labute approximate surface area is 112 Å². The summed E-state index contributed by atoms with van der Waals surface area (Å²) in [6.45, 7) is 3.27. The molecule has 1 aromatic heterocycles. The highest BCUT2D eigenvalue weighted by atomic mass is 35.5. The van der Waals surface area contributed by atoms with Gasteiger partial charge in [0, 0.05) is 24.0 Å². The smallest absolute Gasteiger partial charge is 0.142 e. The fourth-order valence-electron chi connectivity index (χ4n) is 1.62. The maximum absolute atomic E-state index is 5.99. The molecule has 18 heavy (non-hydrogen) atoms. The fourth-order valence-corrected chi connectivity index (χ4v) is 1.79. The van der Waals surface area contributed by atoms with Gasteiger partial charge in [-0.1, -0.05) is 17.7 Å². The van der Waals surface area contributed by atoms with E-state index < -0.39 is 0 Å². The van der Waals surface area contributed by atoms with Gasteiger partial charge in [-0.25, -0.2) is 0 Å². The number of pyridine rings is 1. The number of benzene rings is 1. The normalized spacial score (nSPS) is 10.1. The van der Waals surface area contributed by atoms with Gasteiger partial charge in [-0.3, -0.25) is 4.98 Å². The minimum atomic E-state index is 0.628. The lowest BCUT2D eigenvalue weighted by Gasteiger charge is -2.12. The molecule has 4 heteroatoms. The molecule has 0 unspecified atom stereocenters. The van der Waals surface area contributed by atoms with Gasteiger partial charge in [0.25, 0.3) is 0 Å². The average molecular weight is 263 g/mol. The Bertz CT molecular complexity index is 502. The molecule has 1 heterocycles. The molecule has 2 rings (SSSR count). The molecule has 0 fully saturated rings. The van der Waals surface area contributed by atoms with Crippen LogP contribution in [0.2, 0.25) is 5.02 Å². The Balaban J connectivity index is 2.10. The first-order chi connectivity index (χ1) is 8.79. The van der Waals surface area contributed by atoms with Crippen LogP contribution in [0.1, 0.15) is 12.5 Å². The van der Waals surface area contributed by atoms with Crippen LogP contribution in [0.4, 0.5) is 5.69 Å². The topological polar surface area (TPSA) is 34.1 Å². The lowest BCUT2D eigenvalue weighted by Crippen LogP contribution is -2.03. The number of aromatic nitrogens is 1. The van der Waals surface area contributed by atoms with Crippen LogP contribution in [-0.4, -0.2) is 11.6 Å². The van der Waals surface area contributed by atoms with Crippen LogP contribution < -0.4 is 10.1 Å². The van der Waals surface area contributed by atoms with E-state index in [1.54, 1.807) is 6.20 Å². The number of nitrogens with zero attached hydrogens (tertiary/aromatic N) is 1. The van der Waals surface area contributed by atoms with E-state index in [9.17, 15) is 0 Å². The van der Waals surface area contributed by atoms with Crippen molar-refractivity contribution in [2.75, 3.05) is 11.9 Å². The summed E-state index contributed by atoms with van der Waals surface area (Å²) < 4.78 is 5.54. The molecule has 0 aliphatic carbocycles. The summed E-state index contributed by atoms with van der Waals surface area (Å²) in [5.74, 6) is 0.811. The van der Waals surface area contributed by atoms with E-state index in [1.165, 1.54) is 0 Å². The second-order valence-electron chi connectivity index (χ2n) is 3.79. The summed E-state index contributed by atoms with van der Waals surface area (Å²) in [6, 6.07) is 9.49. The third-order valence-electron chi connectivity index (χ3n) is 2.45. The zero-order chi connectivity index (χ0) is 12.8.